The number of hydrogen-bond acceptors (Lipinski definition) is 4. The van der Waals surface area contributed by atoms with Gasteiger partial charge in [-0.3, -0.25) is 9.59 Å². The molecule has 0 saturated heterocycles. The van der Waals surface area contributed by atoms with E-state index in [1.54, 1.807) is 13.0 Å². The Balaban J connectivity index is 1.74. The predicted molar refractivity (Wildman–Crippen MR) is 110 cm³/mol. The number of aromatic nitrogens is 3. The van der Waals surface area contributed by atoms with Crippen LogP contribution in [0.1, 0.15) is 52.7 Å². The van der Waals surface area contributed by atoms with Crippen molar-refractivity contribution in [3.05, 3.63) is 58.5 Å². The number of imidazole rings is 1. The van der Waals surface area contributed by atoms with Gasteiger partial charge in [-0.2, -0.15) is 0 Å². The zero-order chi connectivity index (χ0) is 22.1. The molecule has 1 aliphatic heterocycles. The van der Waals surface area contributed by atoms with Gasteiger partial charge in [-0.25, -0.2) is 18.7 Å². The second-order valence-corrected chi connectivity index (χ2v) is 7.67. The summed E-state index contributed by atoms with van der Waals surface area (Å²) in [6.07, 6.45) is 3.97. The lowest BCUT2D eigenvalue weighted by molar-refractivity contribution is -0.122. The number of benzene rings is 1. The standard InChI is InChI=1S/C22H23F2N5O2/c1-12-10-14(19-20(26-12)29-9-5-3-4-6-17(29)27-19)21(30)28-18(22(31)25-2)13-7-8-15(23)16(24)11-13/h7-8,10-11,18H,3-6,9H2,1-2H3,(H,25,31)(H,28,30). The van der Waals surface area contributed by atoms with Crippen LogP contribution in [-0.4, -0.2) is 33.4 Å². The number of nitrogens with one attached hydrogen (secondary N) is 2. The molecule has 9 heteroatoms. The molecule has 1 unspecified atom stereocenters. The van der Waals surface area contributed by atoms with Gasteiger partial charge >= 0.3 is 0 Å². The van der Waals surface area contributed by atoms with E-state index in [0.29, 0.717) is 22.4 Å². The Labute approximate surface area is 177 Å². The molecule has 2 aromatic heterocycles. The van der Waals surface area contributed by atoms with Gasteiger partial charge < -0.3 is 15.2 Å². The number of fused-ring (bicyclic) bond motifs is 3. The number of hydrogen-bond donors (Lipinski definition) is 2. The Hall–Kier alpha value is -3.36. The highest BCUT2D eigenvalue weighted by Gasteiger charge is 2.26. The Kier molecular flexibility index (Phi) is 5.67. The molecule has 2 amide bonds. The Morgan fingerprint density at radius 1 is 1.10 bits per heavy atom. The van der Waals surface area contributed by atoms with Crippen LogP contribution in [0.3, 0.4) is 0 Å². The fourth-order valence-electron chi connectivity index (χ4n) is 3.93. The number of pyridine rings is 1. The minimum atomic E-state index is -1.20. The highest BCUT2D eigenvalue weighted by atomic mass is 19.2. The molecule has 1 aromatic carbocycles. The average molecular weight is 427 g/mol. The maximum absolute atomic E-state index is 13.8. The van der Waals surface area contributed by atoms with Crippen molar-refractivity contribution in [2.75, 3.05) is 7.05 Å². The van der Waals surface area contributed by atoms with Gasteiger partial charge in [0.2, 0.25) is 5.91 Å². The molecule has 0 spiro atoms. The largest absolute Gasteiger partial charge is 0.357 e. The smallest absolute Gasteiger partial charge is 0.254 e. The number of likely N-dealkylation sites (N-methyl/N-ethyl adjacent to an activating group) is 1. The first kappa shape index (κ1) is 20.9. The molecule has 0 saturated carbocycles. The van der Waals surface area contributed by atoms with E-state index in [2.05, 4.69) is 25.2 Å². The summed E-state index contributed by atoms with van der Waals surface area (Å²) in [6, 6.07) is 3.52. The van der Waals surface area contributed by atoms with Crippen LogP contribution in [0.2, 0.25) is 0 Å². The Morgan fingerprint density at radius 3 is 2.65 bits per heavy atom. The fraction of sp³-hybridized carbons (Fsp3) is 0.364. The quantitative estimate of drug-likeness (QED) is 0.670. The zero-order valence-corrected chi connectivity index (χ0v) is 17.3. The van der Waals surface area contributed by atoms with Gasteiger partial charge in [-0.15, -0.1) is 0 Å². The van der Waals surface area contributed by atoms with E-state index in [9.17, 15) is 18.4 Å². The molecule has 31 heavy (non-hydrogen) atoms. The van der Waals surface area contributed by atoms with E-state index in [4.69, 9.17) is 0 Å². The molecule has 0 bridgehead atoms. The number of aryl methyl sites for hydroxylation is 3. The first-order chi connectivity index (χ1) is 14.9. The van der Waals surface area contributed by atoms with Crippen LogP contribution in [0.15, 0.2) is 24.3 Å². The van der Waals surface area contributed by atoms with Crippen molar-refractivity contribution < 1.29 is 18.4 Å². The number of rotatable bonds is 4. The lowest BCUT2D eigenvalue weighted by atomic mass is 10.0. The van der Waals surface area contributed by atoms with Crippen LogP contribution in [0.5, 0.6) is 0 Å². The molecule has 7 nitrogen and oxygen atoms in total. The van der Waals surface area contributed by atoms with Gasteiger partial charge in [0.25, 0.3) is 5.91 Å². The Morgan fingerprint density at radius 2 is 1.90 bits per heavy atom. The number of amides is 2. The maximum atomic E-state index is 13.8. The van der Waals surface area contributed by atoms with Gasteiger partial charge in [0, 0.05) is 25.7 Å². The molecule has 0 aliphatic carbocycles. The van der Waals surface area contributed by atoms with Gasteiger partial charge in [0.15, 0.2) is 17.3 Å². The number of carbonyl (C=O) groups is 2. The highest BCUT2D eigenvalue weighted by Crippen LogP contribution is 2.25. The van der Waals surface area contributed by atoms with Crippen LogP contribution in [0.25, 0.3) is 11.2 Å². The summed E-state index contributed by atoms with van der Waals surface area (Å²) >= 11 is 0. The van der Waals surface area contributed by atoms with Crippen LogP contribution < -0.4 is 10.6 Å². The third-order valence-corrected chi connectivity index (χ3v) is 5.50. The topological polar surface area (TPSA) is 88.9 Å². The van der Waals surface area contributed by atoms with Crippen LogP contribution >= 0.6 is 0 Å². The van der Waals surface area contributed by atoms with Gasteiger partial charge in [0.05, 0.1) is 5.56 Å². The molecule has 0 radical (unpaired) electrons. The molecule has 4 rings (SSSR count). The van der Waals surface area contributed by atoms with E-state index in [1.807, 2.05) is 0 Å². The molecule has 162 valence electrons. The first-order valence-electron chi connectivity index (χ1n) is 10.2. The van der Waals surface area contributed by atoms with E-state index in [1.165, 1.54) is 13.1 Å². The van der Waals surface area contributed by atoms with Crippen molar-refractivity contribution in [2.24, 2.45) is 0 Å². The molecule has 3 aromatic rings. The Bertz CT molecular complexity index is 1170. The lowest BCUT2D eigenvalue weighted by Gasteiger charge is -2.18. The van der Waals surface area contributed by atoms with Crippen molar-refractivity contribution in [3.8, 4) is 0 Å². The monoisotopic (exact) mass is 427 g/mol. The van der Waals surface area contributed by atoms with Gasteiger partial charge in [0.1, 0.15) is 17.4 Å². The number of carbonyl (C=O) groups excluding carboxylic acids is 2. The molecule has 3 heterocycles. The molecule has 1 atom stereocenters. The summed E-state index contributed by atoms with van der Waals surface area (Å²) in [5, 5.41) is 5.09. The number of nitrogens with zero attached hydrogens (tertiary/aromatic N) is 3. The molecular formula is C22H23F2N5O2. The third-order valence-electron chi connectivity index (χ3n) is 5.50. The third kappa shape index (κ3) is 3.99. The van der Waals surface area contributed by atoms with Crippen molar-refractivity contribution in [1.29, 1.82) is 0 Å². The minimum Gasteiger partial charge on any atom is -0.357 e. The van der Waals surface area contributed by atoms with Gasteiger partial charge in [-0.05, 0) is 43.5 Å². The van der Waals surface area contributed by atoms with Crippen molar-refractivity contribution in [2.45, 2.75) is 45.2 Å². The van der Waals surface area contributed by atoms with E-state index < -0.39 is 29.5 Å². The van der Waals surface area contributed by atoms with E-state index >= 15 is 0 Å². The molecule has 0 fully saturated rings. The van der Waals surface area contributed by atoms with Crippen LogP contribution in [0, 0.1) is 18.6 Å². The van der Waals surface area contributed by atoms with Crippen molar-refractivity contribution in [1.82, 2.24) is 25.2 Å². The molecule has 1 aliphatic rings. The van der Waals surface area contributed by atoms with E-state index in [-0.39, 0.29) is 5.56 Å². The summed E-state index contributed by atoms with van der Waals surface area (Å²) in [5.41, 5.74) is 2.19. The normalized spacial score (nSPS) is 14.6. The zero-order valence-electron chi connectivity index (χ0n) is 17.3. The fourth-order valence-corrected chi connectivity index (χ4v) is 3.93. The maximum Gasteiger partial charge on any atom is 0.254 e. The molecular weight excluding hydrogens is 404 g/mol. The summed E-state index contributed by atoms with van der Waals surface area (Å²) < 4.78 is 29.2. The van der Waals surface area contributed by atoms with E-state index in [0.717, 1.165) is 50.2 Å². The first-order valence-corrected chi connectivity index (χ1v) is 10.2. The lowest BCUT2D eigenvalue weighted by Crippen LogP contribution is -2.39. The summed E-state index contributed by atoms with van der Waals surface area (Å²) in [4.78, 5) is 34.9. The van der Waals surface area contributed by atoms with Gasteiger partial charge in [-0.1, -0.05) is 12.5 Å². The second kappa shape index (κ2) is 8.41. The summed E-state index contributed by atoms with van der Waals surface area (Å²) in [5.74, 6) is -2.33. The summed E-state index contributed by atoms with van der Waals surface area (Å²) in [6.45, 7) is 2.58. The minimum absolute atomic E-state index is 0.134. The summed E-state index contributed by atoms with van der Waals surface area (Å²) in [7, 11) is 1.41. The van der Waals surface area contributed by atoms with Crippen molar-refractivity contribution in [3.63, 3.8) is 0 Å². The van der Waals surface area contributed by atoms with Crippen molar-refractivity contribution >= 4 is 23.0 Å². The SMILES string of the molecule is CNC(=O)C(NC(=O)c1cc(C)nc2c1nc1n2CCCCC1)c1ccc(F)c(F)c1. The highest BCUT2D eigenvalue weighted by molar-refractivity contribution is 6.06. The average Bonchev–Trinajstić information content (AvgIpc) is 2.93. The van der Waals surface area contributed by atoms with Crippen LogP contribution in [0.4, 0.5) is 8.78 Å². The van der Waals surface area contributed by atoms with Crippen LogP contribution in [-0.2, 0) is 17.8 Å². The predicted octanol–water partition coefficient (Wildman–Crippen LogP) is 2.96. The second-order valence-electron chi connectivity index (χ2n) is 7.67. The number of halogens is 2. The molecule has 2 N–H and O–H groups in total.